The second-order valence-corrected chi connectivity index (χ2v) is 3.80. The monoisotopic (exact) mass is 205 g/mol. The van der Waals surface area contributed by atoms with Crippen molar-refractivity contribution in [3.05, 3.63) is 23.8 Å². The van der Waals surface area contributed by atoms with Crippen LogP contribution in [0.1, 0.15) is 12.0 Å². The van der Waals surface area contributed by atoms with Crippen LogP contribution in [0.4, 0.5) is 11.4 Å². The van der Waals surface area contributed by atoms with E-state index in [2.05, 4.69) is 4.90 Å². The number of carbonyl (C=O) groups is 1. The summed E-state index contributed by atoms with van der Waals surface area (Å²) in [4.78, 5) is 13.2. The third kappa shape index (κ3) is 1.94. The molecule has 1 aromatic carbocycles. The number of nitrogens with two attached hydrogens (primary N) is 2. The normalized spacial score (nSPS) is 16.1. The Morgan fingerprint density at radius 3 is 2.80 bits per heavy atom. The molecule has 0 unspecified atom stereocenters. The minimum Gasteiger partial charge on any atom is -0.398 e. The van der Waals surface area contributed by atoms with Gasteiger partial charge in [-0.3, -0.25) is 4.79 Å². The van der Waals surface area contributed by atoms with E-state index in [-0.39, 0.29) is 0 Å². The van der Waals surface area contributed by atoms with Crippen molar-refractivity contribution in [1.29, 1.82) is 0 Å². The highest BCUT2D eigenvalue weighted by atomic mass is 16.1. The lowest BCUT2D eigenvalue weighted by Gasteiger charge is -2.18. The Morgan fingerprint density at radius 2 is 2.20 bits per heavy atom. The van der Waals surface area contributed by atoms with E-state index in [0.717, 1.165) is 17.8 Å². The molecule has 1 fully saturated rings. The number of Topliss-reactive ketones (excluding diaryl/α,β-unsaturated/α-hetero) is 1. The van der Waals surface area contributed by atoms with Gasteiger partial charge in [0.25, 0.3) is 0 Å². The summed E-state index contributed by atoms with van der Waals surface area (Å²) in [5, 5.41) is 0. The fraction of sp³-hybridized carbons (Fsp3) is 0.364. The molecular weight excluding hydrogens is 190 g/mol. The Bertz CT molecular complexity index is 389. The van der Waals surface area contributed by atoms with Crippen molar-refractivity contribution in [2.45, 2.75) is 13.0 Å². The molecule has 1 aliphatic heterocycles. The van der Waals surface area contributed by atoms with E-state index in [9.17, 15) is 4.79 Å². The zero-order valence-electron chi connectivity index (χ0n) is 8.57. The standard InChI is InChI=1S/C11H15N3O/c12-6-8-5-9(1-2-11(8)13)14-4-3-10(15)7-14/h1-2,5H,3-4,6-7,12-13H2. The van der Waals surface area contributed by atoms with Gasteiger partial charge >= 0.3 is 0 Å². The van der Waals surface area contributed by atoms with Crippen molar-refractivity contribution in [2.75, 3.05) is 23.7 Å². The maximum atomic E-state index is 11.2. The first-order valence-electron chi connectivity index (χ1n) is 5.06. The van der Waals surface area contributed by atoms with Crippen LogP contribution in [-0.4, -0.2) is 18.9 Å². The highest BCUT2D eigenvalue weighted by Gasteiger charge is 2.19. The topological polar surface area (TPSA) is 72.3 Å². The van der Waals surface area contributed by atoms with Gasteiger partial charge in [0, 0.05) is 30.9 Å². The van der Waals surface area contributed by atoms with Crippen LogP contribution < -0.4 is 16.4 Å². The lowest BCUT2D eigenvalue weighted by Crippen LogP contribution is -2.20. The Kier molecular flexibility index (Phi) is 2.60. The van der Waals surface area contributed by atoms with Gasteiger partial charge in [0.1, 0.15) is 0 Å². The molecule has 0 saturated carbocycles. The van der Waals surface area contributed by atoms with E-state index in [0.29, 0.717) is 31.0 Å². The maximum absolute atomic E-state index is 11.2. The zero-order chi connectivity index (χ0) is 10.8. The van der Waals surface area contributed by atoms with E-state index in [1.165, 1.54) is 0 Å². The average molecular weight is 205 g/mol. The highest BCUT2D eigenvalue weighted by Crippen LogP contribution is 2.23. The van der Waals surface area contributed by atoms with Gasteiger partial charge < -0.3 is 16.4 Å². The Hall–Kier alpha value is -1.55. The SMILES string of the molecule is NCc1cc(N2CCC(=O)C2)ccc1N. The van der Waals surface area contributed by atoms with Gasteiger partial charge in [0.05, 0.1) is 6.54 Å². The first kappa shape index (κ1) is 9.98. The smallest absolute Gasteiger partial charge is 0.153 e. The van der Waals surface area contributed by atoms with Gasteiger partial charge in [-0.25, -0.2) is 0 Å². The van der Waals surface area contributed by atoms with Crippen LogP contribution in [0.3, 0.4) is 0 Å². The minimum absolute atomic E-state index is 0.293. The molecule has 2 rings (SSSR count). The minimum atomic E-state index is 0.293. The molecule has 0 atom stereocenters. The molecule has 4 N–H and O–H groups in total. The molecule has 0 amide bonds. The van der Waals surface area contributed by atoms with Crippen molar-refractivity contribution in [3.63, 3.8) is 0 Å². The number of anilines is 2. The molecule has 4 heteroatoms. The van der Waals surface area contributed by atoms with Crippen molar-refractivity contribution < 1.29 is 4.79 Å². The lowest BCUT2D eigenvalue weighted by molar-refractivity contribution is -0.116. The van der Waals surface area contributed by atoms with Crippen LogP contribution in [0.2, 0.25) is 0 Å². The molecule has 4 nitrogen and oxygen atoms in total. The lowest BCUT2D eigenvalue weighted by atomic mass is 10.1. The predicted molar refractivity (Wildman–Crippen MR) is 60.6 cm³/mol. The number of hydrogen-bond donors (Lipinski definition) is 2. The fourth-order valence-electron chi connectivity index (χ4n) is 1.82. The van der Waals surface area contributed by atoms with Gasteiger partial charge in [-0.2, -0.15) is 0 Å². The summed E-state index contributed by atoms with van der Waals surface area (Å²) in [7, 11) is 0. The van der Waals surface area contributed by atoms with Gasteiger partial charge in [0.15, 0.2) is 5.78 Å². The van der Waals surface area contributed by atoms with E-state index >= 15 is 0 Å². The van der Waals surface area contributed by atoms with Gasteiger partial charge in [-0.05, 0) is 23.8 Å². The molecule has 80 valence electrons. The maximum Gasteiger partial charge on any atom is 0.153 e. The van der Waals surface area contributed by atoms with Gasteiger partial charge in [-0.15, -0.1) is 0 Å². The number of nitrogens with zero attached hydrogens (tertiary/aromatic N) is 1. The summed E-state index contributed by atoms with van der Waals surface area (Å²) in [6, 6.07) is 5.75. The second kappa shape index (κ2) is 3.90. The number of nitrogen functional groups attached to an aromatic ring is 1. The molecule has 1 saturated heterocycles. The third-order valence-corrected chi connectivity index (χ3v) is 2.74. The van der Waals surface area contributed by atoms with Crippen molar-refractivity contribution in [1.82, 2.24) is 0 Å². The van der Waals surface area contributed by atoms with E-state index in [1.807, 2.05) is 18.2 Å². The van der Waals surface area contributed by atoms with Crippen LogP contribution in [0.15, 0.2) is 18.2 Å². The molecule has 0 spiro atoms. The van der Waals surface area contributed by atoms with Crippen molar-refractivity contribution in [3.8, 4) is 0 Å². The molecule has 0 aromatic heterocycles. The number of benzene rings is 1. The van der Waals surface area contributed by atoms with Crippen LogP contribution >= 0.6 is 0 Å². The number of rotatable bonds is 2. The largest absolute Gasteiger partial charge is 0.398 e. The molecule has 1 aromatic rings. The average Bonchev–Trinajstić information content (AvgIpc) is 2.66. The molecule has 0 radical (unpaired) electrons. The van der Waals surface area contributed by atoms with Crippen LogP contribution in [-0.2, 0) is 11.3 Å². The Balaban J connectivity index is 2.25. The van der Waals surface area contributed by atoms with E-state index < -0.39 is 0 Å². The van der Waals surface area contributed by atoms with Crippen molar-refractivity contribution in [2.24, 2.45) is 5.73 Å². The Morgan fingerprint density at radius 1 is 1.40 bits per heavy atom. The summed E-state index contributed by atoms with van der Waals surface area (Å²) in [6.07, 6.45) is 0.641. The molecule has 1 aliphatic rings. The molecule has 0 aliphatic carbocycles. The number of hydrogen-bond acceptors (Lipinski definition) is 4. The van der Waals surface area contributed by atoms with Gasteiger partial charge in [0.2, 0.25) is 0 Å². The Labute approximate surface area is 88.9 Å². The summed E-state index contributed by atoms with van der Waals surface area (Å²) in [5.74, 6) is 0.293. The summed E-state index contributed by atoms with van der Waals surface area (Å²) in [5.41, 5.74) is 14.0. The molecule has 0 bridgehead atoms. The van der Waals surface area contributed by atoms with Gasteiger partial charge in [-0.1, -0.05) is 0 Å². The summed E-state index contributed by atoms with van der Waals surface area (Å²) >= 11 is 0. The summed E-state index contributed by atoms with van der Waals surface area (Å²) in [6.45, 7) is 1.74. The molecule has 1 heterocycles. The van der Waals surface area contributed by atoms with E-state index in [1.54, 1.807) is 0 Å². The first-order chi connectivity index (χ1) is 7.20. The van der Waals surface area contributed by atoms with Crippen LogP contribution in [0.5, 0.6) is 0 Å². The molecular formula is C11H15N3O. The fourth-order valence-corrected chi connectivity index (χ4v) is 1.82. The molecule has 15 heavy (non-hydrogen) atoms. The second-order valence-electron chi connectivity index (χ2n) is 3.80. The van der Waals surface area contributed by atoms with Crippen LogP contribution in [0.25, 0.3) is 0 Å². The third-order valence-electron chi connectivity index (χ3n) is 2.74. The number of ketones is 1. The predicted octanol–water partition coefficient (Wildman–Crippen LogP) is 0.507. The zero-order valence-corrected chi connectivity index (χ0v) is 8.57. The highest BCUT2D eigenvalue weighted by molar-refractivity contribution is 5.87. The quantitative estimate of drug-likeness (QED) is 0.690. The van der Waals surface area contributed by atoms with E-state index in [4.69, 9.17) is 11.5 Å². The first-order valence-corrected chi connectivity index (χ1v) is 5.06. The van der Waals surface area contributed by atoms with Crippen LogP contribution in [0, 0.1) is 0 Å². The summed E-state index contributed by atoms with van der Waals surface area (Å²) < 4.78 is 0. The van der Waals surface area contributed by atoms with Crippen molar-refractivity contribution >= 4 is 17.2 Å². The number of carbonyl (C=O) groups excluding carboxylic acids is 1.